The van der Waals surface area contributed by atoms with Gasteiger partial charge in [0, 0.05) is 25.2 Å². The number of primary amides is 1. The Morgan fingerprint density at radius 2 is 2.22 bits per heavy atom. The highest BCUT2D eigenvalue weighted by Gasteiger charge is 2.25. The molecule has 1 fully saturated rings. The number of carbonyl (C=O) groups is 2. The van der Waals surface area contributed by atoms with Crippen LogP contribution in [0.4, 0.5) is 0 Å². The van der Waals surface area contributed by atoms with Crippen molar-refractivity contribution in [2.24, 2.45) is 5.73 Å². The van der Waals surface area contributed by atoms with Crippen molar-refractivity contribution in [2.45, 2.75) is 12.5 Å². The number of hydrogen-bond donors (Lipinski definition) is 2. The Balaban J connectivity index is 2.24. The van der Waals surface area contributed by atoms with Crippen LogP contribution in [0.3, 0.4) is 0 Å². The van der Waals surface area contributed by atoms with E-state index < -0.39 is 5.91 Å². The van der Waals surface area contributed by atoms with E-state index >= 15 is 0 Å². The van der Waals surface area contributed by atoms with Gasteiger partial charge in [-0.05, 0) is 25.1 Å². The SMILES string of the molecule is COc1cc(C(=O)N(C)[C@@H]2CCNC2)cc(Cl)c1OCC(N)=O. The number of hydrogen-bond acceptors (Lipinski definition) is 5. The number of ether oxygens (including phenoxy) is 2. The molecule has 1 heterocycles. The van der Waals surface area contributed by atoms with E-state index in [0.29, 0.717) is 5.56 Å². The monoisotopic (exact) mass is 341 g/mol. The number of carbonyl (C=O) groups excluding carboxylic acids is 2. The summed E-state index contributed by atoms with van der Waals surface area (Å²) in [6.45, 7) is 1.34. The van der Waals surface area contributed by atoms with Crippen LogP contribution >= 0.6 is 11.6 Å². The number of rotatable bonds is 6. The zero-order chi connectivity index (χ0) is 17.0. The second kappa shape index (κ2) is 7.52. The van der Waals surface area contributed by atoms with Crippen molar-refractivity contribution in [1.82, 2.24) is 10.2 Å². The Hall–Kier alpha value is -1.99. The molecule has 1 aromatic rings. The topological polar surface area (TPSA) is 93.9 Å². The van der Waals surface area contributed by atoms with Crippen molar-refractivity contribution >= 4 is 23.4 Å². The number of benzene rings is 1. The fourth-order valence-corrected chi connectivity index (χ4v) is 2.73. The van der Waals surface area contributed by atoms with Crippen molar-refractivity contribution in [3.63, 3.8) is 0 Å². The highest BCUT2D eigenvalue weighted by molar-refractivity contribution is 6.32. The molecule has 0 aromatic heterocycles. The smallest absolute Gasteiger partial charge is 0.255 e. The van der Waals surface area contributed by atoms with Crippen LogP contribution < -0.4 is 20.5 Å². The third-order valence-corrected chi connectivity index (χ3v) is 4.02. The number of nitrogens with one attached hydrogen (secondary N) is 1. The summed E-state index contributed by atoms with van der Waals surface area (Å²) < 4.78 is 10.5. The molecule has 1 aliphatic rings. The Morgan fingerprint density at radius 1 is 1.48 bits per heavy atom. The van der Waals surface area contributed by atoms with Gasteiger partial charge in [0.15, 0.2) is 18.1 Å². The number of halogens is 1. The summed E-state index contributed by atoms with van der Waals surface area (Å²) in [5.74, 6) is -0.313. The van der Waals surface area contributed by atoms with Gasteiger partial charge in [-0.2, -0.15) is 0 Å². The molecular weight excluding hydrogens is 322 g/mol. The second-order valence-corrected chi connectivity index (χ2v) is 5.71. The van der Waals surface area contributed by atoms with Gasteiger partial charge in [-0.1, -0.05) is 11.6 Å². The lowest BCUT2D eigenvalue weighted by Crippen LogP contribution is -2.38. The zero-order valence-corrected chi connectivity index (χ0v) is 13.9. The third kappa shape index (κ3) is 4.05. The minimum atomic E-state index is -0.628. The lowest BCUT2D eigenvalue weighted by atomic mass is 10.1. The molecule has 7 nitrogen and oxygen atoms in total. The average Bonchev–Trinajstić information content (AvgIpc) is 3.05. The molecule has 3 N–H and O–H groups in total. The van der Waals surface area contributed by atoms with Gasteiger partial charge in [0.2, 0.25) is 0 Å². The molecule has 0 unspecified atom stereocenters. The van der Waals surface area contributed by atoms with Gasteiger partial charge < -0.3 is 25.4 Å². The standard InChI is InChI=1S/C15H20ClN3O4/c1-19(10-3-4-18-7-10)15(21)9-5-11(16)14(12(6-9)22-2)23-8-13(17)20/h5-6,10,18H,3-4,7-8H2,1-2H3,(H2,17,20)/t10-/m1/s1. The molecule has 126 valence electrons. The normalized spacial score (nSPS) is 16.9. The third-order valence-electron chi connectivity index (χ3n) is 3.74. The van der Waals surface area contributed by atoms with Crippen molar-refractivity contribution in [1.29, 1.82) is 0 Å². The Labute approximate surface area is 139 Å². The quantitative estimate of drug-likeness (QED) is 0.792. The lowest BCUT2D eigenvalue weighted by Gasteiger charge is -2.24. The predicted molar refractivity (Wildman–Crippen MR) is 86.1 cm³/mol. The van der Waals surface area contributed by atoms with Crippen LogP contribution in [0, 0.1) is 0 Å². The Morgan fingerprint density at radius 3 is 2.78 bits per heavy atom. The van der Waals surface area contributed by atoms with Crippen LogP contribution in [0.15, 0.2) is 12.1 Å². The molecule has 1 saturated heterocycles. The van der Waals surface area contributed by atoms with E-state index in [-0.39, 0.29) is 35.1 Å². The highest BCUT2D eigenvalue weighted by Crippen LogP contribution is 2.36. The van der Waals surface area contributed by atoms with E-state index in [1.807, 2.05) is 0 Å². The van der Waals surface area contributed by atoms with Gasteiger partial charge in [-0.3, -0.25) is 9.59 Å². The summed E-state index contributed by atoms with van der Waals surface area (Å²) in [4.78, 5) is 25.1. The molecular formula is C15H20ClN3O4. The van der Waals surface area contributed by atoms with E-state index in [4.69, 9.17) is 26.8 Å². The molecule has 2 rings (SSSR count). The first-order valence-electron chi connectivity index (χ1n) is 7.20. The molecule has 1 aliphatic heterocycles. The van der Waals surface area contributed by atoms with Gasteiger partial charge in [-0.15, -0.1) is 0 Å². The van der Waals surface area contributed by atoms with Crippen LogP contribution in [-0.4, -0.2) is 56.6 Å². The minimum absolute atomic E-state index is 0.151. The van der Waals surface area contributed by atoms with Gasteiger partial charge >= 0.3 is 0 Å². The van der Waals surface area contributed by atoms with E-state index in [1.54, 1.807) is 18.0 Å². The van der Waals surface area contributed by atoms with E-state index in [1.165, 1.54) is 13.2 Å². The van der Waals surface area contributed by atoms with Crippen LogP contribution in [-0.2, 0) is 4.79 Å². The van der Waals surface area contributed by atoms with Crippen LogP contribution in [0.1, 0.15) is 16.8 Å². The van der Waals surface area contributed by atoms with Crippen molar-refractivity contribution in [3.8, 4) is 11.5 Å². The molecule has 2 amide bonds. The summed E-state index contributed by atoms with van der Waals surface area (Å²) in [6, 6.07) is 3.20. The van der Waals surface area contributed by atoms with E-state index in [2.05, 4.69) is 5.32 Å². The zero-order valence-electron chi connectivity index (χ0n) is 13.1. The summed E-state index contributed by atoms with van der Waals surface area (Å²) in [5, 5.41) is 3.41. The minimum Gasteiger partial charge on any atom is -0.493 e. The highest BCUT2D eigenvalue weighted by atomic mass is 35.5. The maximum atomic E-state index is 12.6. The van der Waals surface area contributed by atoms with Gasteiger partial charge in [0.1, 0.15) is 0 Å². The largest absolute Gasteiger partial charge is 0.493 e. The summed E-state index contributed by atoms with van der Waals surface area (Å²) in [5.41, 5.74) is 5.45. The Bertz CT molecular complexity index is 603. The van der Waals surface area contributed by atoms with Crippen LogP contribution in [0.2, 0.25) is 5.02 Å². The molecule has 0 spiro atoms. The molecule has 8 heteroatoms. The molecule has 0 bridgehead atoms. The lowest BCUT2D eigenvalue weighted by molar-refractivity contribution is -0.119. The predicted octanol–water partition coefficient (Wildman–Crippen LogP) is 0.647. The summed E-state index contributed by atoms with van der Waals surface area (Å²) in [7, 11) is 3.19. The number of nitrogens with two attached hydrogens (primary N) is 1. The molecule has 0 radical (unpaired) electrons. The summed E-state index contributed by atoms with van der Waals surface area (Å²) >= 11 is 6.17. The first-order valence-corrected chi connectivity index (χ1v) is 7.58. The number of nitrogens with zero attached hydrogens (tertiary/aromatic N) is 1. The number of likely N-dealkylation sites (N-methyl/N-ethyl adjacent to an activating group) is 1. The van der Waals surface area contributed by atoms with Gasteiger partial charge in [0.05, 0.1) is 12.1 Å². The Kier molecular flexibility index (Phi) is 5.68. The molecule has 1 atom stereocenters. The molecule has 23 heavy (non-hydrogen) atoms. The molecule has 1 aromatic carbocycles. The fourth-order valence-electron chi connectivity index (χ4n) is 2.47. The summed E-state index contributed by atoms with van der Waals surface area (Å²) in [6.07, 6.45) is 0.910. The van der Waals surface area contributed by atoms with Crippen LogP contribution in [0.25, 0.3) is 0 Å². The fraction of sp³-hybridized carbons (Fsp3) is 0.467. The first kappa shape index (κ1) is 17.4. The maximum absolute atomic E-state index is 12.6. The van der Waals surface area contributed by atoms with Crippen LogP contribution in [0.5, 0.6) is 11.5 Å². The first-order chi connectivity index (χ1) is 10.9. The van der Waals surface area contributed by atoms with Gasteiger partial charge in [0.25, 0.3) is 11.8 Å². The second-order valence-electron chi connectivity index (χ2n) is 5.31. The van der Waals surface area contributed by atoms with E-state index in [9.17, 15) is 9.59 Å². The van der Waals surface area contributed by atoms with E-state index in [0.717, 1.165) is 19.5 Å². The van der Waals surface area contributed by atoms with Gasteiger partial charge in [-0.25, -0.2) is 0 Å². The average molecular weight is 342 g/mol. The van der Waals surface area contributed by atoms with Crippen molar-refractivity contribution in [2.75, 3.05) is 33.9 Å². The maximum Gasteiger partial charge on any atom is 0.255 e. The van der Waals surface area contributed by atoms with Crippen molar-refractivity contribution < 1.29 is 19.1 Å². The van der Waals surface area contributed by atoms with Crippen molar-refractivity contribution in [3.05, 3.63) is 22.7 Å². The number of methoxy groups -OCH3 is 1. The molecule has 0 saturated carbocycles. The number of amides is 2. The molecule has 0 aliphatic carbocycles.